The van der Waals surface area contributed by atoms with E-state index in [0.717, 1.165) is 21.9 Å². The highest BCUT2D eigenvalue weighted by Crippen LogP contribution is 2.40. The van der Waals surface area contributed by atoms with Crippen LogP contribution in [-0.2, 0) is 34.4 Å². The predicted molar refractivity (Wildman–Crippen MR) is 151 cm³/mol. The fraction of sp³-hybridized carbons (Fsp3) is 0.464. The lowest BCUT2D eigenvalue weighted by Gasteiger charge is -2.25. The third kappa shape index (κ3) is 6.46. The summed E-state index contributed by atoms with van der Waals surface area (Å²) in [7, 11) is -3.29. The normalized spacial score (nSPS) is 20.3. The second kappa shape index (κ2) is 12.3. The zero-order chi connectivity index (χ0) is 31.1. The Kier molecular flexibility index (Phi) is 8.91. The minimum Gasteiger partial charge on any atom is -0.756 e. The fourth-order valence-electron chi connectivity index (χ4n) is 5.18. The van der Waals surface area contributed by atoms with Crippen LogP contribution in [-0.4, -0.2) is 48.7 Å². The molecule has 2 unspecified atom stereocenters. The molecule has 0 amide bonds. The van der Waals surface area contributed by atoms with Crippen molar-refractivity contribution in [3.63, 3.8) is 0 Å². The van der Waals surface area contributed by atoms with Crippen LogP contribution in [0, 0.1) is 27.7 Å². The van der Waals surface area contributed by atoms with E-state index in [-0.39, 0.29) is 26.2 Å². The monoisotopic (exact) mass is 619 g/mol. The lowest BCUT2D eigenvalue weighted by Crippen LogP contribution is -2.33. The number of aromatic amines is 1. The number of H-pyrrole nitrogens is 1. The third-order valence-corrected chi connectivity index (χ3v) is 8.45. The molecule has 4 aromatic rings. The Morgan fingerprint density at radius 2 is 1.77 bits per heavy atom. The molecule has 1 fully saturated rings. The van der Waals surface area contributed by atoms with Gasteiger partial charge in [-0.25, -0.2) is 9.59 Å². The van der Waals surface area contributed by atoms with E-state index < -0.39 is 49.7 Å². The molecule has 4 heterocycles. The number of aromatic nitrogens is 2. The summed E-state index contributed by atoms with van der Waals surface area (Å²) in [4.78, 5) is 50.4. The molecule has 15 heteroatoms. The summed E-state index contributed by atoms with van der Waals surface area (Å²) in [5.41, 5.74) is 2.03. The van der Waals surface area contributed by atoms with Crippen molar-refractivity contribution in [1.29, 1.82) is 0 Å². The van der Waals surface area contributed by atoms with Gasteiger partial charge in [0, 0.05) is 53.3 Å². The van der Waals surface area contributed by atoms with E-state index in [9.17, 15) is 23.8 Å². The van der Waals surface area contributed by atoms with Crippen molar-refractivity contribution >= 4 is 29.8 Å². The quantitative estimate of drug-likeness (QED) is 0.147. The van der Waals surface area contributed by atoms with Crippen LogP contribution in [0.2, 0.25) is 0 Å². The van der Waals surface area contributed by atoms with Gasteiger partial charge in [0.2, 0.25) is 0 Å². The van der Waals surface area contributed by atoms with Gasteiger partial charge in [0.05, 0.1) is 32.5 Å². The average molecular weight is 620 g/mol. The largest absolute Gasteiger partial charge is 0.756 e. The summed E-state index contributed by atoms with van der Waals surface area (Å²) in [5.74, 6) is 0.619. The molecule has 5 rings (SSSR count). The van der Waals surface area contributed by atoms with E-state index in [1.165, 1.54) is 23.9 Å². The molecular weight excluding hydrogens is 587 g/mol. The molecule has 4 atom stereocenters. The van der Waals surface area contributed by atoms with Crippen molar-refractivity contribution in [3.05, 3.63) is 77.6 Å². The van der Waals surface area contributed by atoms with Crippen molar-refractivity contribution in [2.45, 2.75) is 59.2 Å². The van der Waals surface area contributed by atoms with Crippen LogP contribution in [0.4, 0.5) is 0 Å². The average Bonchev–Trinajstić information content (AvgIpc) is 3.50. The van der Waals surface area contributed by atoms with E-state index >= 15 is 0 Å². The Balaban J connectivity index is 1.15. The van der Waals surface area contributed by atoms with Gasteiger partial charge in [-0.15, -0.1) is 0 Å². The van der Waals surface area contributed by atoms with Gasteiger partial charge in [0.15, 0.2) is 0 Å². The van der Waals surface area contributed by atoms with Crippen LogP contribution >= 0.6 is 7.82 Å². The van der Waals surface area contributed by atoms with Crippen LogP contribution in [0.5, 0.6) is 0 Å². The van der Waals surface area contributed by atoms with Crippen molar-refractivity contribution in [3.8, 4) is 0 Å². The molecule has 1 saturated heterocycles. The number of rotatable bonds is 11. The van der Waals surface area contributed by atoms with Gasteiger partial charge >= 0.3 is 11.3 Å². The number of ether oxygens (including phenoxy) is 3. The second-order valence-corrected chi connectivity index (χ2v) is 11.8. The minimum atomic E-state index is -4.73. The minimum absolute atomic E-state index is 0.0562. The number of nitrogens with one attached hydrogen (secondary N) is 1. The van der Waals surface area contributed by atoms with E-state index in [1.54, 1.807) is 13.8 Å². The summed E-state index contributed by atoms with van der Waals surface area (Å²) in [6.45, 7) is 6.36. The Hall–Kier alpha value is -3.36. The molecule has 0 bridgehead atoms. The van der Waals surface area contributed by atoms with Crippen LogP contribution in [0.15, 0.2) is 41.5 Å². The molecule has 14 nitrogen and oxygen atoms in total. The molecule has 0 radical (unpaired) electrons. The maximum atomic E-state index is 12.4. The van der Waals surface area contributed by atoms with Gasteiger partial charge in [0.25, 0.3) is 13.4 Å². The lowest BCUT2D eigenvalue weighted by atomic mass is 10.0. The van der Waals surface area contributed by atoms with Gasteiger partial charge in [-0.1, -0.05) is 0 Å². The van der Waals surface area contributed by atoms with Crippen LogP contribution in [0.3, 0.4) is 0 Å². The number of fused-ring (bicyclic) bond motifs is 2. The van der Waals surface area contributed by atoms with E-state index in [4.69, 9.17) is 32.1 Å². The van der Waals surface area contributed by atoms with Crippen LogP contribution in [0.25, 0.3) is 21.9 Å². The number of phosphoric ester groups is 1. The second-order valence-electron chi connectivity index (χ2n) is 10.4. The number of hydrogen-bond donors (Lipinski definition) is 1. The Bertz CT molecular complexity index is 1890. The summed E-state index contributed by atoms with van der Waals surface area (Å²) >= 11 is 0. The number of furan rings is 1. The van der Waals surface area contributed by atoms with Crippen molar-refractivity contribution < 1.29 is 41.6 Å². The fourth-order valence-corrected chi connectivity index (χ4v) is 5.89. The number of hydrogen-bond acceptors (Lipinski definition) is 12. The van der Waals surface area contributed by atoms with Crippen LogP contribution < -0.4 is 21.8 Å². The summed E-state index contributed by atoms with van der Waals surface area (Å²) in [6.07, 6.45) is -0.556. The van der Waals surface area contributed by atoms with Crippen LogP contribution in [0.1, 0.15) is 40.7 Å². The van der Waals surface area contributed by atoms with Gasteiger partial charge in [-0.2, -0.15) is 0 Å². The first-order valence-electron chi connectivity index (χ1n) is 13.5. The summed E-state index contributed by atoms with van der Waals surface area (Å²) in [5, 5.41) is 1.59. The molecule has 1 aliphatic heterocycles. The molecule has 0 aliphatic carbocycles. The molecule has 0 spiro atoms. The SMILES string of the molecule is COC1C[C@H](n2cc(C)c(=O)[nH]c2=O)O[C@@H]1COP(=O)([O-])OCCOCc1c(C)oc2c(C)c3oc(=O)cc(C)c3cc12. The Labute approximate surface area is 244 Å². The van der Waals surface area contributed by atoms with Gasteiger partial charge < -0.3 is 37.0 Å². The van der Waals surface area contributed by atoms with E-state index in [2.05, 4.69) is 4.98 Å². The zero-order valence-electron chi connectivity index (χ0n) is 24.3. The molecule has 232 valence electrons. The first-order valence-corrected chi connectivity index (χ1v) is 15.0. The number of phosphoric acid groups is 1. The maximum absolute atomic E-state index is 12.4. The van der Waals surface area contributed by atoms with Crippen molar-refractivity contribution in [2.24, 2.45) is 0 Å². The molecule has 0 saturated carbocycles. The third-order valence-electron chi connectivity index (χ3n) is 7.49. The lowest BCUT2D eigenvalue weighted by molar-refractivity contribution is -0.229. The number of nitrogens with zero attached hydrogens (tertiary/aromatic N) is 1. The van der Waals surface area contributed by atoms with Gasteiger partial charge in [0.1, 0.15) is 29.3 Å². The molecule has 3 aromatic heterocycles. The molecule has 1 aliphatic rings. The molecule has 1 aromatic carbocycles. The number of benzene rings is 1. The highest BCUT2D eigenvalue weighted by molar-refractivity contribution is 7.45. The standard InChI is InChI=1S/C28H33N2O12P/c1-14-8-24(31)42-25-16(3)26-19(9-18(14)25)20(17(4)40-26)12-37-6-7-38-43(34,35)39-13-22-21(36-5)10-23(41-22)30-11-15(2)27(32)29-28(30)33/h8-9,11,21-23H,6-7,10,12-13H2,1-5H3,(H,34,35)(H,29,32,33)/p-1/t21?,22-,23-/m1/s1. The van der Waals surface area contributed by atoms with E-state index in [0.29, 0.717) is 28.1 Å². The highest BCUT2D eigenvalue weighted by atomic mass is 31.2. The first-order chi connectivity index (χ1) is 20.4. The van der Waals surface area contributed by atoms with Gasteiger partial charge in [-0.3, -0.25) is 18.9 Å². The van der Waals surface area contributed by atoms with E-state index in [1.807, 2.05) is 19.9 Å². The van der Waals surface area contributed by atoms with Gasteiger partial charge in [-0.05, 0) is 39.3 Å². The summed E-state index contributed by atoms with van der Waals surface area (Å²) < 4.78 is 51.9. The zero-order valence-corrected chi connectivity index (χ0v) is 25.2. The Morgan fingerprint density at radius 3 is 2.51 bits per heavy atom. The van der Waals surface area contributed by atoms with Crippen molar-refractivity contribution in [1.82, 2.24) is 9.55 Å². The number of aryl methyl sites for hydroxylation is 4. The summed E-state index contributed by atoms with van der Waals surface area (Å²) in [6, 6.07) is 3.32. The topological polar surface area (TPSA) is 184 Å². The first kappa shape index (κ1) is 31.1. The Morgan fingerprint density at radius 1 is 1.02 bits per heavy atom. The molecule has 43 heavy (non-hydrogen) atoms. The predicted octanol–water partition coefficient (Wildman–Crippen LogP) is 2.64. The molecular formula is C28H32N2O12P-. The smallest absolute Gasteiger partial charge is 0.336 e. The number of methoxy groups -OCH3 is 1. The van der Waals surface area contributed by atoms with Crippen molar-refractivity contribution in [2.75, 3.05) is 26.9 Å². The maximum Gasteiger partial charge on any atom is 0.336 e. The highest BCUT2D eigenvalue weighted by Gasteiger charge is 2.38. The molecule has 1 N–H and O–H groups in total.